The maximum atomic E-state index is 13.4. The number of likely N-dealkylation sites (tertiary alicyclic amines) is 1. The van der Waals surface area contributed by atoms with Gasteiger partial charge in [-0.1, -0.05) is 26.0 Å². The number of benzene rings is 1. The molecule has 1 heterocycles. The number of carbonyl (C=O) groups excluding carboxylic acids is 3. The largest absolute Gasteiger partial charge is 0.324 e. The van der Waals surface area contributed by atoms with Crippen LogP contribution in [0.5, 0.6) is 0 Å². The standard InChI is InChI=1S/C20H22F2N2O3/c1-11(2)9-17(18(25)23-12-7-8-15(21)16(22)10-12)24-19(26)13-5-3-4-6-14(13)20(24)27/h3-4,7-8,10-11,13-14,17H,5-6,9H2,1-2H3,(H,23,25). The summed E-state index contributed by atoms with van der Waals surface area (Å²) in [6.07, 6.45) is 5.04. The lowest BCUT2D eigenvalue weighted by molar-refractivity contribution is -0.147. The Morgan fingerprint density at radius 1 is 1.11 bits per heavy atom. The first-order valence-electron chi connectivity index (χ1n) is 9.07. The molecule has 3 atom stereocenters. The third-order valence-corrected chi connectivity index (χ3v) is 5.04. The summed E-state index contributed by atoms with van der Waals surface area (Å²) in [6, 6.07) is 2.04. The van der Waals surface area contributed by atoms with Gasteiger partial charge in [0.2, 0.25) is 17.7 Å². The summed E-state index contributed by atoms with van der Waals surface area (Å²) in [6.45, 7) is 3.77. The summed E-state index contributed by atoms with van der Waals surface area (Å²) in [5.41, 5.74) is 0.0748. The number of amides is 3. The second-order valence-electron chi connectivity index (χ2n) is 7.47. The summed E-state index contributed by atoms with van der Waals surface area (Å²) in [7, 11) is 0. The number of allylic oxidation sites excluding steroid dienone is 2. The predicted octanol–water partition coefficient (Wildman–Crippen LogP) is 3.27. The van der Waals surface area contributed by atoms with Gasteiger partial charge in [0, 0.05) is 11.8 Å². The normalized spacial score (nSPS) is 22.9. The maximum absolute atomic E-state index is 13.4. The lowest BCUT2D eigenvalue weighted by Crippen LogP contribution is -2.48. The van der Waals surface area contributed by atoms with Crippen molar-refractivity contribution in [2.24, 2.45) is 17.8 Å². The molecule has 0 radical (unpaired) electrons. The lowest BCUT2D eigenvalue weighted by atomic mass is 9.85. The van der Waals surface area contributed by atoms with Crippen LogP contribution in [-0.4, -0.2) is 28.7 Å². The van der Waals surface area contributed by atoms with Crippen LogP contribution in [-0.2, 0) is 14.4 Å². The van der Waals surface area contributed by atoms with E-state index in [0.717, 1.165) is 17.0 Å². The third-order valence-electron chi connectivity index (χ3n) is 5.04. The number of anilines is 1. The van der Waals surface area contributed by atoms with Crippen LogP contribution >= 0.6 is 0 Å². The molecule has 7 heteroatoms. The van der Waals surface area contributed by atoms with E-state index < -0.39 is 35.4 Å². The fourth-order valence-electron chi connectivity index (χ4n) is 3.71. The quantitative estimate of drug-likeness (QED) is 0.634. The number of nitrogens with one attached hydrogen (secondary N) is 1. The lowest BCUT2D eigenvalue weighted by Gasteiger charge is -2.27. The molecule has 3 unspecified atom stereocenters. The molecule has 1 aliphatic heterocycles. The Morgan fingerprint density at radius 2 is 1.70 bits per heavy atom. The number of nitrogens with zero attached hydrogens (tertiary/aromatic N) is 1. The molecule has 27 heavy (non-hydrogen) atoms. The molecule has 1 N–H and O–H groups in total. The molecular weight excluding hydrogens is 354 g/mol. The van der Waals surface area contributed by atoms with Crippen LogP contribution < -0.4 is 5.32 Å². The number of rotatable bonds is 5. The molecule has 0 bridgehead atoms. The highest BCUT2D eigenvalue weighted by atomic mass is 19.2. The zero-order chi connectivity index (χ0) is 19.7. The molecule has 5 nitrogen and oxygen atoms in total. The van der Waals surface area contributed by atoms with Crippen LogP contribution in [0.4, 0.5) is 14.5 Å². The van der Waals surface area contributed by atoms with Crippen LogP contribution in [0.25, 0.3) is 0 Å². The minimum atomic E-state index is -1.08. The molecule has 144 valence electrons. The van der Waals surface area contributed by atoms with Gasteiger partial charge in [-0.05, 0) is 37.3 Å². The molecule has 1 saturated heterocycles. The SMILES string of the molecule is CC(C)CC(C(=O)Nc1ccc(F)c(F)c1)N1C(=O)C2CC=CCC2C1=O. The Kier molecular flexibility index (Phi) is 5.39. The first-order chi connectivity index (χ1) is 12.8. The van der Waals surface area contributed by atoms with Gasteiger partial charge in [-0.15, -0.1) is 0 Å². The van der Waals surface area contributed by atoms with Crippen LogP contribution in [0.15, 0.2) is 30.4 Å². The molecule has 3 rings (SSSR count). The van der Waals surface area contributed by atoms with E-state index in [2.05, 4.69) is 5.32 Å². The van der Waals surface area contributed by atoms with Gasteiger partial charge in [0.1, 0.15) is 6.04 Å². The first kappa shape index (κ1) is 19.2. The van der Waals surface area contributed by atoms with Gasteiger partial charge in [-0.25, -0.2) is 8.78 Å². The Hall–Kier alpha value is -2.57. The zero-order valence-corrected chi connectivity index (χ0v) is 15.2. The molecule has 3 amide bonds. The highest BCUT2D eigenvalue weighted by Gasteiger charge is 2.51. The number of carbonyl (C=O) groups is 3. The molecule has 0 spiro atoms. The number of halogens is 2. The van der Waals surface area contributed by atoms with E-state index in [4.69, 9.17) is 0 Å². The van der Waals surface area contributed by atoms with Gasteiger partial charge in [-0.3, -0.25) is 19.3 Å². The number of hydrogen-bond acceptors (Lipinski definition) is 3. The van der Waals surface area contributed by atoms with Crippen molar-refractivity contribution in [3.05, 3.63) is 42.0 Å². The average Bonchev–Trinajstić information content (AvgIpc) is 2.87. The summed E-state index contributed by atoms with van der Waals surface area (Å²) >= 11 is 0. The smallest absolute Gasteiger partial charge is 0.247 e. The van der Waals surface area contributed by atoms with Crippen molar-refractivity contribution in [3.8, 4) is 0 Å². The number of fused-ring (bicyclic) bond motifs is 1. The summed E-state index contributed by atoms with van der Waals surface area (Å²) in [5.74, 6) is -4.15. The Labute approximate surface area is 156 Å². The van der Waals surface area contributed by atoms with Gasteiger partial charge >= 0.3 is 0 Å². The van der Waals surface area contributed by atoms with E-state index in [9.17, 15) is 23.2 Å². The van der Waals surface area contributed by atoms with Gasteiger partial charge in [-0.2, -0.15) is 0 Å². The highest BCUT2D eigenvalue weighted by molar-refractivity contribution is 6.10. The van der Waals surface area contributed by atoms with Crippen molar-refractivity contribution >= 4 is 23.4 Å². The van der Waals surface area contributed by atoms with Gasteiger partial charge in [0.05, 0.1) is 11.8 Å². The van der Waals surface area contributed by atoms with Crippen LogP contribution in [0.2, 0.25) is 0 Å². The van der Waals surface area contributed by atoms with Crippen molar-refractivity contribution < 1.29 is 23.2 Å². The van der Waals surface area contributed by atoms with Crippen molar-refractivity contribution in [1.29, 1.82) is 0 Å². The fraction of sp³-hybridized carbons (Fsp3) is 0.450. The van der Waals surface area contributed by atoms with Crippen molar-refractivity contribution in [3.63, 3.8) is 0 Å². The monoisotopic (exact) mass is 376 g/mol. The highest BCUT2D eigenvalue weighted by Crippen LogP contribution is 2.37. The van der Waals surface area contributed by atoms with E-state index >= 15 is 0 Å². The van der Waals surface area contributed by atoms with E-state index in [1.165, 1.54) is 6.07 Å². The second-order valence-corrected chi connectivity index (χ2v) is 7.47. The molecule has 1 fully saturated rings. The average molecular weight is 376 g/mol. The zero-order valence-electron chi connectivity index (χ0n) is 15.2. The molecule has 0 saturated carbocycles. The summed E-state index contributed by atoms with van der Waals surface area (Å²) in [5, 5.41) is 2.51. The summed E-state index contributed by atoms with van der Waals surface area (Å²) < 4.78 is 26.5. The Balaban J connectivity index is 1.85. The fourth-order valence-corrected chi connectivity index (χ4v) is 3.71. The number of imide groups is 1. The van der Waals surface area contributed by atoms with E-state index in [1.54, 1.807) is 0 Å². The van der Waals surface area contributed by atoms with E-state index in [0.29, 0.717) is 19.3 Å². The minimum Gasteiger partial charge on any atom is -0.324 e. The minimum absolute atomic E-state index is 0.0482. The van der Waals surface area contributed by atoms with Crippen LogP contribution in [0.1, 0.15) is 33.1 Å². The third kappa shape index (κ3) is 3.77. The molecular formula is C20H22F2N2O3. The summed E-state index contributed by atoms with van der Waals surface area (Å²) in [4.78, 5) is 39.5. The predicted molar refractivity (Wildman–Crippen MR) is 95.4 cm³/mol. The number of hydrogen-bond donors (Lipinski definition) is 1. The van der Waals surface area contributed by atoms with Gasteiger partial charge in [0.15, 0.2) is 11.6 Å². The van der Waals surface area contributed by atoms with E-state index in [1.807, 2.05) is 26.0 Å². The van der Waals surface area contributed by atoms with Gasteiger partial charge < -0.3 is 5.32 Å². The van der Waals surface area contributed by atoms with Crippen molar-refractivity contribution in [2.75, 3.05) is 5.32 Å². The van der Waals surface area contributed by atoms with E-state index in [-0.39, 0.29) is 23.4 Å². The van der Waals surface area contributed by atoms with Gasteiger partial charge in [0.25, 0.3) is 0 Å². The second kappa shape index (κ2) is 7.58. The molecule has 0 aromatic heterocycles. The Bertz CT molecular complexity index is 780. The topological polar surface area (TPSA) is 66.5 Å². The van der Waals surface area contributed by atoms with Crippen LogP contribution in [0, 0.1) is 29.4 Å². The van der Waals surface area contributed by atoms with Crippen LogP contribution in [0.3, 0.4) is 0 Å². The van der Waals surface area contributed by atoms with Crippen molar-refractivity contribution in [2.45, 2.75) is 39.2 Å². The molecule has 1 aromatic carbocycles. The first-order valence-corrected chi connectivity index (χ1v) is 9.07. The molecule has 1 aliphatic carbocycles. The Morgan fingerprint density at radius 3 is 2.22 bits per heavy atom. The molecule has 2 aliphatic rings. The molecule has 1 aromatic rings. The maximum Gasteiger partial charge on any atom is 0.247 e. The van der Waals surface area contributed by atoms with Crippen molar-refractivity contribution in [1.82, 2.24) is 4.90 Å².